The zero-order valence-corrected chi connectivity index (χ0v) is 13.3. The van der Waals surface area contributed by atoms with Crippen molar-refractivity contribution >= 4 is 11.7 Å². The summed E-state index contributed by atoms with van der Waals surface area (Å²) >= 11 is 0. The monoisotopic (exact) mass is 326 g/mol. The van der Waals surface area contributed by atoms with Crippen molar-refractivity contribution in [2.75, 3.05) is 25.5 Å². The molecule has 1 unspecified atom stereocenters. The lowest BCUT2D eigenvalue weighted by Gasteiger charge is -2.18. The number of carbonyl (C=O) groups is 1. The summed E-state index contributed by atoms with van der Waals surface area (Å²) in [4.78, 5) is 14.2. The number of anilines is 1. The number of benzene rings is 1. The molecule has 3 rings (SSSR count). The summed E-state index contributed by atoms with van der Waals surface area (Å²) in [7, 11) is 1.53. The number of nitriles is 1. The Hall–Kier alpha value is -3.08. The molecule has 0 saturated carbocycles. The van der Waals surface area contributed by atoms with E-state index in [4.69, 9.17) is 10.00 Å². The van der Waals surface area contributed by atoms with E-state index < -0.39 is 0 Å². The van der Waals surface area contributed by atoms with Crippen LogP contribution < -0.4 is 10.1 Å². The minimum atomic E-state index is -0.190. The summed E-state index contributed by atoms with van der Waals surface area (Å²) in [6, 6.07) is 6.80. The predicted octanol–water partition coefficient (Wildman–Crippen LogP) is 1.71. The zero-order chi connectivity index (χ0) is 16.9. The van der Waals surface area contributed by atoms with Gasteiger partial charge in [-0.15, -0.1) is 5.10 Å². The lowest BCUT2D eigenvalue weighted by Crippen LogP contribution is -2.33. The molecule has 1 atom stereocenters. The van der Waals surface area contributed by atoms with Gasteiger partial charge in [0, 0.05) is 25.8 Å². The number of likely N-dealkylation sites (tertiary alicyclic amines) is 1. The van der Waals surface area contributed by atoms with Crippen molar-refractivity contribution in [3.05, 3.63) is 36.2 Å². The Morgan fingerprint density at radius 2 is 2.42 bits per heavy atom. The van der Waals surface area contributed by atoms with Crippen LogP contribution in [0.5, 0.6) is 5.75 Å². The van der Waals surface area contributed by atoms with Crippen molar-refractivity contribution < 1.29 is 9.53 Å². The van der Waals surface area contributed by atoms with Gasteiger partial charge in [0.2, 0.25) is 0 Å². The number of carbonyl (C=O) groups excluding carboxylic acids is 1. The van der Waals surface area contributed by atoms with E-state index in [0.717, 1.165) is 13.0 Å². The highest BCUT2D eigenvalue weighted by Crippen LogP contribution is 2.26. The summed E-state index contributed by atoms with van der Waals surface area (Å²) in [6.07, 6.45) is 4.39. The molecule has 1 fully saturated rings. The van der Waals surface area contributed by atoms with Crippen LogP contribution in [0.4, 0.5) is 10.5 Å². The Balaban J connectivity index is 1.62. The number of amides is 2. The summed E-state index contributed by atoms with van der Waals surface area (Å²) in [5, 5.41) is 19.6. The van der Waals surface area contributed by atoms with Crippen molar-refractivity contribution in [2.24, 2.45) is 5.92 Å². The number of ether oxygens (including phenoxy) is 1. The maximum Gasteiger partial charge on any atom is 0.321 e. The van der Waals surface area contributed by atoms with Crippen LogP contribution in [0, 0.1) is 17.2 Å². The van der Waals surface area contributed by atoms with Gasteiger partial charge < -0.3 is 15.0 Å². The number of methoxy groups -OCH3 is 1. The third kappa shape index (κ3) is 3.46. The third-order valence-corrected chi connectivity index (χ3v) is 4.06. The molecule has 2 amide bonds. The van der Waals surface area contributed by atoms with Gasteiger partial charge in [0.25, 0.3) is 0 Å². The minimum Gasteiger partial charge on any atom is -0.495 e. The Labute approximate surface area is 139 Å². The lowest BCUT2D eigenvalue weighted by atomic mass is 10.1. The molecule has 1 aromatic heterocycles. The lowest BCUT2D eigenvalue weighted by molar-refractivity contribution is 0.220. The fourth-order valence-electron chi connectivity index (χ4n) is 2.83. The van der Waals surface area contributed by atoms with Gasteiger partial charge in [-0.05, 0) is 30.5 Å². The van der Waals surface area contributed by atoms with Gasteiger partial charge in [-0.3, -0.25) is 4.68 Å². The molecule has 0 bridgehead atoms. The molecule has 8 nitrogen and oxygen atoms in total. The first-order chi connectivity index (χ1) is 11.7. The molecular weight excluding hydrogens is 308 g/mol. The van der Waals surface area contributed by atoms with Crippen LogP contribution in [0.15, 0.2) is 30.6 Å². The second-order valence-electron chi connectivity index (χ2n) is 5.68. The van der Waals surface area contributed by atoms with E-state index in [1.54, 1.807) is 34.0 Å². The number of rotatable bonds is 4. The van der Waals surface area contributed by atoms with Crippen molar-refractivity contribution in [1.29, 1.82) is 5.26 Å². The second-order valence-corrected chi connectivity index (χ2v) is 5.68. The van der Waals surface area contributed by atoms with Crippen LogP contribution in [0.2, 0.25) is 0 Å². The maximum atomic E-state index is 12.5. The number of hydrogen-bond donors (Lipinski definition) is 1. The van der Waals surface area contributed by atoms with Crippen LogP contribution >= 0.6 is 0 Å². The first-order valence-electron chi connectivity index (χ1n) is 7.67. The number of nitrogens with zero attached hydrogens (tertiary/aromatic N) is 5. The Kier molecular flexibility index (Phi) is 4.61. The van der Waals surface area contributed by atoms with Crippen molar-refractivity contribution in [3.8, 4) is 11.8 Å². The third-order valence-electron chi connectivity index (χ3n) is 4.06. The van der Waals surface area contributed by atoms with Gasteiger partial charge in [-0.2, -0.15) is 5.26 Å². The van der Waals surface area contributed by atoms with E-state index in [0.29, 0.717) is 36.0 Å². The Morgan fingerprint density at radius 1 is 1.54 bits per heavy atom. The molecule has 0 radical (unpaired) electrons. The van der Waals surface area contributed by atoms with Crippen molar-refractivity contribution in [1.82, 2.24) is 19.9 Å². The van der Waals surface area contributed by atoms with Crippen LogP contribution in [-0.4, -0.2) is 46.1 Å². The Bertz CT molecular complexity index is 752. The predicted molar refractivity (Wildman–Crippen MR) is 86.4 cm³/mol. The standard InChI is InChI=1S/C16H18N6O2/c1-24-15-3-2-12(9-17)8-14(15)19-16(23)21-6-4-13(10-21)11-22-7-5-18-20-22/h2-3,5,7-8,13H,4,6,10-11H2,1H3,(H,19,23). The molecule has 1 aliphatic heterocycles. The fourth-order valence-corrected chi connectivity index (χ4v) is 2.83. The molecule has 1 saturated heterocycles. The van der Waals surface area contributed by atoms with Gasteiger partial charge >= 0.3 is 6.03 Å². The molecule has 1 N–H and O–H groups in total. The van der Waals surface area contributed by atoms with Crippen LogP contribution in [0.25, 0.3) is 0 Å². The molecular formula is C16H18N6O2. The number of hydrogen-bond acceptors (Lipinski definition) is 5. The summed E-state index contributed by atoms with van der Waals surface area (Å²) in [6.45, 7) is 2.09. The van der Waals surface area contributed by atoms with Crippen molar-refractivity contribution in [3.63, 3.8) is 0 Å². The van der Waals surface area contributed by atoms with Crippen LogP contribution in [0.3, 0.4) is 0 Å². The quantitative estimate of drug-likeness (QED) is 0.922. The van der Waals surface area contributed by atoms with E-state index in [-0.39, 0.29) is 6.03 Å². The molecule has 1 aromatic carbocycles. The first kappa shape index (κ1) is 15.8. The van der Waals surface area contributed by atoms with E-state index in [9.17, 15) is 4.79 Å². The smallest absolute Gasteiger partial charge is 0.321 e. The summed E-state index contributed by atoms with van der Waals surface area (Å²) < 4.78 is 7.02. The molecule has 0 spiro atoms. The number of nitrogens with one attached hydrogen (secondary N) is 1. The van der Waals surface area contributed by atoms with Crippen LogP contribution in [-0.2, 0) is 6.54 Å². The van der Waals surface area contributed by atoms with E-state index in [2.05, 4.69) is 21.7 Å². The van der Waals surface area contributed by atoms with Gasteiger partial charge in [0.15, 0.2) is 0 Å². The first-order valence-corrected chi connectivity index (χ1v) is 7.67. The molecule has 0 aliphatic carbocycles. The average Bonchev–Trinajstić information content (AvgIpc) is 3.27. The van der Waals surface area contributed by atoms with Gasteiger partial charge in [0.05, 0.1) is 30.6 Å². The SMILES string of the molecule is COc1ccc(C#N)cc1NC(=O)N1CCC(Cn2ccnn2)C1. The number of aromatic nitrogens is 3. The molecule has 8 heteroatoms. The summed E-state index contributed by atoms with van der Waals surface area (Å²) in [5.41, 5.74) is 0.970. The highest BCUT2D eigenvalue weighted by molar-refractivity contribution is 5.91. The van der Waals surface area contributed by atoms with Crippen LogP contribution in [0.1, 0.15) is 12.0 Å². The molecule has 2 aromatic rings. The Morgan fingerprint density at radius 3 is 3.12 bits per heavy atom. The van der Waals surface area contributed by atoms with Crippen molar-refractivity contribution in [2.45, 2.75) is 13.0 Å². The minimum absolute atomic E-state index is 0.190. The van der Waals surface area contributed by atoms with E-state index >= 15 is 0 Å². The maximum absolute atomic E-state index is 12.5. The van der Waals surface area contributed by atoms with Gasteiger partial charge in [-0.1, -0.05) is 5.21 Å². The normalized spacial score (nSPS) is 16.7. The zero-order valence-electron chi connectivity index (χ0n) is 13.3. The molecule has 1 aliphatic rings. The van der Waals surface area contributed by atoms with E-state index in [1.807, 2.05) is 6.20 Å². The second kappa shape index (κ2) is 7.00. The molecule has 124 valence electrons. The average molecular weight is 326 g/mol. The molecule has 24 heavy (non-hydrogen) atoms. The fraction of sp³-hybridized carbons (Fsp3) is 0.375. The highest BCUT2D eigenvalue weighted by atomic mass is 16.5. The number of urea groups is 1. The molecule has 2 heterocycles. The van der Waals surface area contributed by atoms with Gasteiger partial charge in [0.1, 0.15) is 5.75 Å². The summed E-state index contributed by atoms with van der Waals surface area (Å²) in [5.74, 6) is 0.880. The highest BCUT2D eigenvalue weighted by Gasteiger charge is 2.27. The topological polar surface area (TPSA) is 96.1 Å². The van der Waals surface area contributed by atoms with E-state index in [1.165, 1.54) is 7.11 Å². The largest absolute Gasteiger partial charge is 0.495 e. The van der Waals surface area contributed by atoms with Gasteiger partial charge in [-0.25, -0.2) is 4.79 Å².